The van der Waals surface area contributed by atoms with Gasteiger partial charge in [0.1, 0.15) is 6.61 Å². The lowest BCUT2D eigenvalue weighted by Gasteiger charge is -2.31. The molecule has 2 heterocycles. The predicted molar refractivity (Wildman–Crippen MR) is 79.5 cm³/mol. The van der Waals surface area contributed by atoms with Gasteiger partial charge >= 0.3 is 0 Å². The first-order chi connectivity index (χ1) is 10.2. The van der Waals surface area contributed by atoms with Crippen molar-refractivity contribution in [1.82, 2.24) is 10.6 Å². The molecule has 1 aromatic rings. The number of carbonyl (C=O) groups is 1. The highest BCUT2D eigenvalue weighted by Gasteiger charge is 2.28. The van der Waals surface area contributed by atoms with Crippen LogP contribution in [0, 0.1) is 11.8 Å². The van der Waals surface area contributed by atoms with Gasteiger partial charge in [-0.1, -0.05) is 19.1 Å². The van der Waals surface area contributed by atoms with Gasteiger partial charge in [0, 0.05) is 6.54 Å². The van der Waals surface area contributed by atoms with Gasteiger partial charge in [0.25, 0.3) is 5.91 Å². The van der Waals surface area contributed by atoms with Gasteiger partial charge in [0.2, 0.25) is 6.10 Å². The Hall–Kier alpha value is -1.75. The van der Waals surface area contributed by atoms with E-state index in [9.17, 15) is 4.79 Å². The van der Waals surface area contributed by atoms with Crippen LogP contribution >= 0.6 is 0 Å². The zero-order chi connectivity index (χ0) is 14.7. The van der Waals surface area contributed by atoms with Crippen LogP contribution in [0.5, 0.6) is 11.5 Å². The van der Waals surface area contributed by atoms with E-state index in [4.69, 9.17) is 9.47 Å². The Bertz CT molecular complexity index is 506. The topological polar surface area (TPSA) is 59.6 Å². The number of carbonyl (C=O) groups excluding carboxylic acids is 1. The van der Waals surface area contributed by atoms with Crippen LogP contribution in [0.1, 0.15) is 13.3 Å². The van der Waals surface area contributed by atoms with Gasteiger partial charge in [-0.3, -0.25) is 4.79 Å². The van der Waals surface area contributed by atoms with E-state index in [1.165, 1.54) is 0 Å². The fourth-order valence-corrected chi connectivity index (χ4v) is 2.82. The molecule has 3 atom stereocenters. The summed E-state index contributed by atoms with van der Waals surface area (Å²) in [7, 11) is 0. The Morgan fingerprint density at radius 2 is 2.19 bits per heavy atom. The summed E-state index contributed by atoms with van der Waals surface area (Å²) in [4.78, 5) is 12.2. The number of nitrogens with one attached hydrogen (secondary N) is 2. The summed E-state index contributed by atoms with van der Waals surface area (Å²) in [5, 5.41) is 6.37. The summed E-state index contributed by atoms with van der Waals surface area (Å²) in [5.41, 5.74) is 0. The number of hydrogen-bond acceptors (Lipinski definition) is 4. The van der Waals surface area contributed by atoms with E-state index in [0.29, 0.717) is 29.9 Å². The quantitative estimate of drug-likeness (QED) is 0.878. The number of rotatable bonds is 3. The number of hydrogen-bond donors (Lipinski definition) is 2. The molecule has 5 nitrogen and oxygen atoms in total. The maximum atomic E-state index is 12.2. The van der Waals surface area contributed by atoms with Crippen LogP contribution in [0.25, 0.3) is 0 Å². The molecule has 2 N–H and O–H groups in total. The molecular formula is C16H22N2O3. The van der Waals surface area contributed by atoms with E-state index in [0.717, 1.165) is 19.5 Å². The van der Waals surface area contributed by atoms with Gasteiger partial charge in [-0.15, -0.1) is 0 Å². The van der Waals surface area contributed by atoms with Crippen LogP contribution in [-0.2, 0) is 4.79 Å². The Kier molecular flexibility index (Phi) is 4.29. The third kappa shape index (κ3) is 3.29. The fraction of sp³-hybridized carbons (Fsp3) is 0.562. The molecule has 0 bridgehead atoms. The number of piperidine rings is 1. The minimum Gasteiger partial charge on any atom is -0.485 e. The molecule has 2 aliphatic heterocycles. The highest BCUT2D eigenvalue weighted by Crippen LogP contribution is 2.30. The number of ether oxygens (including phenoxy) is 2. The van der Waals surface area contributed by atoms with Crippen molar-refractivity contribution in [1.29, 1.82) is 0 Å². The van der Waals surface area contributed by atoms with E-state index in [1.807, 2.05) is 24.3 Å². The Balaban J connectivity index is 1.52. The molecule has 21 heavy (non-hydrogen) atoms. The van der Waals surface area contributed by atoms with Gasteiger partial charge in [0.15, 0.2) is 11.5 Å². The number of amides is 1. The van der Waals surface area contributed by atoms with Crippen LogP contribution in [0.15, 0.2) is 24.3 Å². The smallest absolute Gasteiger partial charge is 0.264 e. The third-order valence-corrected chi connectivity index (χ3v) is 4.33. The third-order valence-electron chi connectivity index (χ3n) is 4.33. The maximum absolute atomic E-state index is 12.2. The second kappa shape index (κ2) is 6.35. The van der Waals surface area contributed by atoms with Crippen molar-refractivity contribution >= 4 is 5.91 Å². The number of benzene rings is 1. The molecule has 0 aromatic heterocycles. The Morgan fingerprint density at radius 1 is 1.38 bits per heavy atom. The first-order valence-corrected chi connectivity index (χ1v) is 7.61. The van der Waals surface area contributed by atoms with Crippen molar-refractivity contribution in [3.05, 3.63) is 24.3 Å². The molecule has 114 valence electrons. The standard InChI is InChI=1S/C16H22N2O3/c1-11-6-7-17-8-12(11)9-18-16(19)15-10-20-13-4-2-3-5-14(13)21-15/h2-5,11-12,15,17H,6-10H2,1H3,(H,18,19). The van der Waals surface area contributed by atoms with E-state index in [1.54, 1.807) is 0 Å². The Labute approximate surface area is 125 Å². The molecule has 1 aromatic carbocycles. The molecule has 0 spiro atoms. The van der Waals surface area contributed by atoms with E-state index in [-0.39, 0.29) is 12.5 Å². The summed E-state index contributed by atoms with van der Waals surface area (Å²) >= 11 is 0. The lowest BCUT2D eigenvalue weighted by molar-refractivity contribution is -0.130. The summed E-state index contributed by atoms with van der Waals surface area (Å²) in [5.74, 6) is 2.36. The fourth-order valence-electron chi connectivity index (χ4n) is 2.82. The van der Waals surface area contributed by atoms with Crippen LogP contribution in [-0.4, -0.2) is 38.3 Å². The van der Waals surface area contributed by atoms with Crippen LogP contribution < -0.4 is 20.1 Å². The first kappa shape index (κ1) is 14.2. The molecule has 2 aliphatic rings. The highest BCUT2D eigenvalue weighted by atomic mass is 16.6. The average molecular weight is 290 g/mol. The van der Waals surface area contributed by atoms with Crippen LogP contribution in [0.3, 0.4) is 0 Å². The highest BCUT2D eigenvalue weighted by molar-refractivity contribution is 5.81. The molecular weight excluding hydrogens is 268 g/mol. The van der Waals surface area contributed by atoms with Crippen molar-refractivity contribution < 1.29 is 14.3 Å². The van der Waals surface area contributed by atoms with Gasteiger partial charge in [-0.25, -0.2) is 0 Å². The normalized spacial score (nSPS) is 28.0. The molecule has 0 saturated carbocycles. The van der Waals surface area contributed by atoms with Gasteiger partial charge in [0.05, 0.1) is 0 Å². The van der Waals surface area contributed by atoms with Crippen molar-refractivity contribution in [2.45, 2.75) is 19.4 Å². The van der Waals surface area contributed by atoms with Crippen LogP contribution in [0.2, 0.25) is 0 Å². The molecule has 5 heteroatoms. The van der Waals surface area contributed by atoms with Crippen molar-refractivity contribution in [3.63, 3.8) is 0 Å². The van der Waals surface area contributed by atoms with E-state index < -0.39 is 6.10 Å². The van der Waals surface area contributed by atoms with E-state index >= 15 is 0 Å². The minimum atomic E-state index is -0.563. The second-order valence-electron chi connectivity index (χ2n) is 5.84. The zero-order valence-corrected chi connectivity index (χ0v) is 12.3. The Morgan fingerprint density at radius 3 is 3.00 bits per heavy atom. The van der Waals surface area contributed by atoms with Gasteiger partial charge < -0.3 is 20.1 Å². The van der Waals surface area contributed by atoms with E-state index in [2.05, 4.69) is 17.6 Å². The molecule has 3 rings (SSSR count). The lowest BCUT2D eigenvalue weighted by Crippen LogP contribution is -2.48. The predicted octanol–water partition coefficient (Wildman–Crippen LogP) is 1.19. The monoisotopic (exact) mass is 290 g/mol. The lowest BCUT2D eigenvalue weighted by atomic mass is 9.88. The summed E-state index contributed by atoms with van der Waals surface area (Å²) in [6, 6.07) is 7.43. The summed E-state index contributed by atoms with van der Waals surface area (Å²) in [6.07, 6.45) is 0.600. The van der Waals surface area contributed by atoms with Crippen LogP contribution in [0.4, 0.5) is 0 Å². The number of fused-ring (bicyclic) bond motifs is 1. The van der Waals surface area contributed by atoms with Gasteiger partial charge in [-0.2, -0.15) is 0 Å². The second-order valence-corrected chi connectivity index (χ2v) is 5.84. The molecule has 1 fully saturated rings. The molecule has 0 radical (unpaired) electrons. The average Bonchev–Trinajstić information content (AvgIpc) is 2.53. The first-order valence-electron chi connectivity index (χ1n) is 7.61. The van der Waals surface area contributed by atoms with Crippen molar-refractivity contribution in [2.24, 2.45) is 11.8 Å². The largest absolute Gasteiger partial charge is 0.485 e. The minimum absolute atomic E-state index is 0.0951. The number of para-hydroxylation sites is 2. The van der Waals surface area contributed by atoms with Crippen molar-refractivity contribution in [3.8, 4) is 11.5 Å². The zero-order valence-electron chi connectivity index (χ0n) is 12.3. The molecule has 3 unspecified atom stereocenters. The maximum Gasteiger partial charge on any atom is 0.264 e. The SMILES string of the molecule is CC1CCNCC1CNC(=O)C1COc2ccccc2O1. The summed E-state index contributed by atoms with van der Waals surface area (Å²) in [6.45, 7) is 5.23. The molecule has 1 saturated heterocycles. The van der Waals surface area contributed by atoms with Gasteiger partial charge in [-0.05, 0) is 43.5 Å². The molecule has 0 aliphatic carbocycles. The molecule has 1 amide bonds. The van der Waals surface area contributed by atoms with Crippen molar-refractivity contribution in [2.75, 3.05) is 26.2 Å². The summed E-state index contributed by atoms with van der Waals surface area (Å²) < 4.78 is 11.3.